The molecule has 1 aromatic carbocycles. The van der Waals surface area contributed by atoms with Crippen molar-refractivity contribution in [3.05, 3.63) is 53.9 Å². The van der Waals surface area contributed by atoms with Crippen molar-refractivity contribution in [2.24, 2.45) is 0 Å². The Balaban J connectivity index is 1.46. The summed E-state index contributed by atoms with van der Waals surface area (Å²) >= 11 is 0. The van der Waals surface area contributed by atoms with Crippen LogP contribution in [0, 0.1) is 11.6 Å². The van der Waals surface area contributed by atoms with E-state index in [2.05, 4.69) is 31.5 Å². The van der Waals surface area contributed by atoms with E-state index in [1.165, 1.54) is 18.2 Å². The van der Waals surface area contributed by atoms with Crippen LogP contribution in [0.5, 0.6) is 0 Å². The Morgan fingerprint density at radius 1 is 1.16 bits per heavy atom. The van der Waals surface area contributed by atoms with E-state index in [-0.39, 0.29) is 17.9 Å². The molecule has 1 amide bonds. The van der Waals surface area contributed by atoms with Crippen LogP contribution in [0.2, 0.25) is 0 Å². The number of nitrogens with one attached hydrogen (secondary N) is 4. The molecule has 2 atom stereocenters. The summed E-state index contributed by atoms with van der Waals surface area (Å²) in [5, 5.41) is 5.70. The van der Waals surface area contributed by atoms with Gasteiger partial charge in [0.25, 0.3) is 0 Å². The fourth-order valence-corrected chi connectivity index (χ4v) is 2.63. The number of aromatic nitrogens is 2. The van der Waals surface area contributed by atoms with Crippen LogP contribution in [-0.2, 0) is 4.79 Å². The fourth-order valence-electron chi connectivity index (χ4n) is 2.63. The number of rotatable bonds is 6. The topological polar surface area (TPSA) is 91.0 Å². The lowest BCUT2D eigenvalue weighted by Gasteiger charge is -2.13. The number of amides is 1. The molecule has 1 aliphatic rings. The van der Waals surface area contributed by atoms with Gasteiger partial charge < -0.3 is 10.6 Å². The first-order chi connectivity index (χ1) is 12.1. The van der Waals surface area contributed by atoms with E-state index in [1.54, 1.807) is 18.5 Å². The smallest absolute Gasteiger partial charge is 0.223 e. The maximum atomic E-state index is 13.8. The van der Waals surface area contributed by atoms with Gasteiger partial charge in [0.2, 0.25) is 11.9 Å². The first-order valence-electron chi connectivity index (χ1n) is 7.88. The Kier molecular flexibility index (Phi) is 5.46. The molecule has 0 saturated carbocycles. The summed E-state index contributed by atoms with van der Waals surface area (Å²) in [4.78, 5) is 19.9. The minimum absolute atomic E-state index is 0.0327. The third kappa shape index (κ3) is 4.46. The van der Waals surface area contributed by atoms with Gasteiger partial charge in [-0.1, -0.05) is 6.07 Å². The SMILES string of the molecule is O=C(CCNc1ncccn1)NC1CC(c2c(F)cccc2F)NN1. The lowest BCUT2D eigenvalue weighted by atomic mass is 10.0. The maximum absolute atomic E-state index is 13.8. The van der Waals surface area contributed by atoms with E-state index >= 15 is 0 Å². The van der Waals surface area contributed by atoms with Crippen molar-refractivity contribution in [1.82, 2.24) is 26.1 Å². The highest BCUT2D eigenvalue weighted by Crippen LogP contribution is 2.26. The van der Waals surface area contributed by atoms with Crippen molar-refractivity contribution in [2.75, 3.05) is 11.9 Å². The minimum Gasteiger partial charge on any atom is -0.354 e. The summed E-state index contributed by atoms with van der Waals surface area (Å²) in [7, 11) is 0. The molecule has 132 valence electrons. The maximum Gasteiger partial charge on any atom is 0.223 e. The molecule has 2 unspecified atom stereocenters. The molecule has 7 nitrogen and oxygen atoms in total. The summed E-state index contributed by atoms with van der Waals surface area (Å²) in [6, 6.07) is 4.89. The number of nitrogens with zero attached hydrogens (tertiary/aromatic N) is 2. The number of carbonyl (C=O) groups excluding carboxylic acids is 1. The van der Waals surface area contributed by atoms with Crippen LogP contribution in [-0.4, -0.2) is 28.6 Å². The Labute approximate surface area is 143 Å². The number of benzene rings is 1. The van der Waals surface area contributed by atoms with Gasteiger partial charge in [-0.2, -0.15) is 0 Å². The van der Waals surface area contributed by atoms with Crippen molar-refractivity contribution < 1.29 is 13.6 Å². The van der Waals surface area contributed by atoms with Crippen molar-refractivity contribution >= 4 is 11.9 Å². The molecule has 2 heterocycles. The summed E-state index contributed by atoms with van der Waals surface area (Å²) in [6.45, 7) is 0.376. The molecule has 0 aliphatic carbocycles. The van der Waals surface area contributed by atoms with Crippen LogP contribution in [0.25, 0.3) is 0 Å². The van der Waals surface area contributed by atoms with Crippen molar-refractivity contribution in [3.8, 4) is 0 Å². The Bertz CT molecular complexity index is 710. The average molecular weight is 348 g/mol. The summed E-state index contributed by atoms with van der Waals surface area (Å²) in [5.41, 5.74) is 5.62. The van der Waals surface area contributed by atoms with Gasteiger partial charge in [-0.15, -0.1) is 0 Å². The Morgan fingerprint density at radius 2 is 1.88 bits per heavy atom. The molecule has 25 heavy (non-hydrogen) atoms. The largest absolute Gasteiger partial charge is 0.354 e. The van der Waals surface area contributed by atoms with Gasteiger partial charge in [-0.25, -0.2) is 29.6 Å². The molecular formula is C16H18F2N6O. The van der Waals surface area contributed by atoms with E-state index < -0.39 is 23.8 Å². The van der Waals surface area contributed by atoms with Gasteiger partial charge in [0.15, 0.2) is 0 Å². The number of halogens is 2. The number of anilines is 1. The van der Waals surface area contributed by atoms with Crippen LogP contribution in [0.4, 0.5) is 14.7 Å². The third-order valence-electron chi connectivity index (χ3n) is 3.79. The van der Waals surface area contributed by atoms with Gasteiger partial charge in [0, 0.05) is 37.3 Å². The zero-order chi connectivity index (χ0) is 17.6. The second-order valence-electron chi connectivity index (χ2n) is 5.58. The second-order valence-corrected chi connectivity index (χ2v) is 5.58. The van der Waals surface area contributed by atoms with Crippen LogP contribution in [0.3, 0.4) is 0 Å². The number of hydrazine groups is 1. The molecule has 2 aromatic rings. The Morgan fingerprint density at radius 3 is 2.60 bits per heavy atom. The highest BCUT2D eigenvalue weighted by Gasteiger charge is 2.29. The van der Waals surface area contributed by atoms with Crippen molar-refractivity contribution in [3.63, 3.8) is 0 Å². The molecule has 1 aromatic heterocycles. The predicted molar refractivity (Wildman–Crippen MR) is 87.1 cm³/mol. The summed E-state index contributed by atoms with van der Waals surface area (Å²) in [6.07, 6.45) is 3.34. The lowest BCUT2D eigenvalue weighted by Crippen LogP contribution is -2.44. The zero-order valence-corrected chi connectivity index (χ0v) is 13.3. The van der Waals surface area contributed by atoms with Crippen LogP contribution < -0.4 is 21.5 Å². The lowest BCUT2D eigenvalue weighted by molar-refractivity contribution is -0.121. The molecule has 0 radical (unpaired) electrons. The van der Waals surface area contributed by atoms with E-state index in [1.807, 2.05) is 0 Å². The molecule has 1 aliphatic heterocycles. The normalized spacial score (nSPS) is 19.6. The molecule has 4 N–H and O–H groups in total. The highest BCUT2D eigenvalue weighted by molar-refractivity contribution is 5.76. The van der Waals surface area contributed by atoms with Crippen molar-refractivity contribution in [1.29, 1.82) is 0 Å². The zero-order valence-electron chi connectivity index (χ0n) is 13.3. The van der Waals surface area contributed by atoms with Crippen LogP contribution in [0.1, 0.15) is 24.4 Å². The minimum atomic E-state index is -0.613. The van der Waals surface area contributed by atoms with Gasteiger partial charge in [-0.3, -0.25) is 4.79 Å². The number of hydrogen-bond acceptors (Lipinski definition) is 6. The monoisotopic (exact) mass is 348 g/mol. The van der Waals surface area contributed by atoms with E-state index in [4.69, 9.17) is 0 Å². The van der Waals surface area contributed by atoms with Gasteiger partial charge in [0.05, 0.1) is 12.2 Å². The molecule has 0 spiro atoms. The third-order valence-corrected chi connectivity index (χ3v) is 3.79. The quantitative estimate of drug-likeness (QED) is 0.628. The molecule has 9 heteroatoms. The summed E-state index contributed by atoms with van der Waals surface area (Å²) < 4.78 is 27.6. The average Bonchev–Trinajstić information content (AvgIpc) is 3.03. The predicted octanol–water partition coefficient (Wildman–Crippen LogP) is 1.24. The van der Waals surface area contributed by atoms with Gasteiger partial charge >= 0.3 is 0 Å². The van der Waals surface area contributed by atoms with Crippen molar-refractivity contribution in [2.45, 2.75) is 25.0 Å². The fraction of sp³-hybridized carbons (Fsp3) is 0.312. The van der Waals surface area contributed by atoms with Gasteiger partial charge in [0.1, 0.15) is 11.6 Å². The first kappa shape index (κ1) is 17.2. The Hall–Kier alpha value is -2.65. The molecular weight excluding hydrogens is 330 g/mol. The van der Waals surface area contributed by atoms with E-state index in [0.29, 0.717) is 18.9 Å². The number of carbonyl (C=O) groups is 1. The van der Waals surface area contributed by atoms with E-state index in [9.17, 15) is 13.6 Å². The first-order valence-corrected chi connectivity index (χ1v) is 7.88. The van der Waals surface area contributed by atoms with E-state index in [0.717, 1.165) is 0 Å². The second kappa shape index (κ2) is 7.95. The summed E-state index contributed by atoms with van der Waals surface area (Å²) in [5.74, 6) is -0.972. The number of hydrogen-bond donors (Lipinski definition) is 4. The molecule has 0 bridgehead atoms. The molecule has 3 rings (SSSR count). The standard InChI is InChI=1S/C16H18F2N6O/c17-10-3-1-4-11(18)15(10)12-9-13(24-23-12)22-14(25)5-8-21-16-19-6-2-7-20-16/h1-4,6-7,12-13,23-24H,5,8-9H2,(H,22,25)(H,19,20,21). The van der Waals surface area contributed by atoms with Gasteiger partial charge in [-0.05, 0) is 18.2 Å². The molecule has 1 saturated heterocycles. The highest BCUT2D eigenvalue weighted by atomic mass is 19.1. The van der Waals surface area contributed by atoms with Crippen LogP contribution in [0.15, 0.2) is 36.7 Å². The molecule has 1 fully saturated rings. The van der Waals surface area contributed by atoms with Crippen LogP contribution >= 0.6 is 0 Å².